The molecule has 2 fully saturated rings. The second-order valence-corrected chi connectivity index (χ2v) is 8.33. The van der Waals surface area contributed by atoms with Crippen LogP contribution in [0.1, 0.15) is 0 Å². The summed E-state index contributed by atoms with van der Waals surface area (Å²) in [5, 5.41) is 0. The third-order valence-electron chi connectivity index (χ3n) is 6.28. The summed E-state index contributed by atoms with van der Waals surface area (Å²) in [4.78, 5) is 26.3. The van der Waals surface area contributed by atoms with E-state index in [0.29, 0.717) is 65.9 Å². The molecular formula is C21H36N4O7. The highest BCUT2D eigenvalue weighted by Crippen LogP contribution is 2.44. The Morgan fingerprint density at radius 1 is 0.750 bits per heavy atom. The number of hydrogen-bond donors (Lipinski definition) is 3. The summed E-state index contributed by atoms with van der Waals surface area (Å²) in [5.41, 5.74) is 16.7. The third-order valence-corrected chi connectivity index (χ3v) is 6.28. The number of nitrogens with two attached hydrogens (primary N) is 3. The minimum atomic E-state index is -0.372. The van der Waals surface area contributed by atoms with E-state index in [-0.39, 0.29) is 54.4 Å². The van der Waals surface area contributed by atoms with E-state index in [0.717, 1.165) is 0 Å². The Balaban J connectivity index is 1.14. The summed E-state index contributed by atoms with van der Waals surface area (Å²) in [6.07, 6.45) is 3.24. The number of fused-ring (bicyclic) bond motifs is 5. The first kappa shape index (κ1) is 25.2. The highest BCUT2D eigenvalue weighted by atomic mass is 16.6. The van der Waals surface area contributed by atoms with Crippen molar-refractivity contribution in [3.8, 4) is 0 Å². The molecule has 32 heavy (non-hydrogen) atoms. The van der Waals surface area contributed by atoms with Crippen LogP contribution in [-0.2, 0) is 33.3 Å². The number of amides is 2. The Hall–Kier alpha value is -1.44. The zero-order valence-corrected chi connectivity index (χ0v) is 18.5. The van der Waals surface area contributed by atoms with Gasteiger partial charge >= 0.3 is 0 Å². The molecule has 6 N–H and O–H groups in total. The number of likely N-dealkylation sites (tertiary alicyclic amines) is 1. The average molecular weight is 457 g/mol. The van der Waals surface area contributed by atoms with E-state index in [2.05, 4.69) is 0 Å². The van der Waals surface area contributed by atoms with E-state index >= 15 is 0 Å². The second-order valence-electron chi connectivity index (χ2n) is 8.33. The summed E-state index contributed by atoms with van der Waals surface area (Å²) in [7, 11) is 0. The first-order valence-corrected chi connectivity index (χ1v) is 11.2. The van der Waals surface area contributed by atoms with Gasteiger partial charge in [0.2, 0.25) is 11.8 Å². The lowest BCUT2D eigenvalue weighted by Crippen LogP contribution is -2.47. The molecule has 11 nitrogen and oxygen atoms in total. The number of carbonyl (C=O) groups excluding carboxylic acids is 2. The van der Waals surface area contributed by atoms with Crippen LogP contribution in [0.4, 0.5) is 0 Å². The molecule has 2 bridgehead atoms. The Morgan fingerprint density at radius 2 is 1.19 bits per heavy atom. The van der Waals surface area contributed by atoms with Gasteiger partial charge in [0.1, 0.15) is 0 Å². The highest BCUT2D eigenvalue weighted by molar-refractivity contribution is 6.06. The van der Waals surface area contributed by atoms with E-state index < -0.39 is 0 Å². The maximum Gasteiger partial charge on any atom is 0.236 e. The number of imide groups is 1. The normalized spacial score (nSPS) is 26.5. The zero-order chi connectivity index (χ0) is 23.0. The smallest absolute Gasteiger partial charge is 0.236 e. The molecule has 0 aromatic carbocycles. The van der Waals surface area contributed by atoms with Crippen LogP contribution in [-0.4, -0.2) is 108 Å². The van der Waals surface area contributed by atoms with E-state index in [1.54, 1.807) is 0 Å². The molecule has 3 heterocycles. The van der Waals surface area contributed by atoms with Crippen LogP contribution in [0.25, 0.3) is 0 Å². The fraction of sp³-hybridized carbons (Fsp3) is 0.810. The van der Waals surface area contributed by atoms with Crippen LogP contribution in [0, 0.1) is 17.3 Å². The molecule has 182 valence electrons. The number of ether oxygens (including phenoxy) is 5. The number of hydrogen-bond acceptors (Lipinski definition) is 10. The van der Waals surface area contributed by atoms with Crippen molar-refractivity contribution in [2.45, 2.75) is 12.2 Å². The lowest BCUT2D eigenvalue weighted by molar-refractivity contribution is -0.143. The van der Waals surface area contributed by atoms with Gasteiger partial charge in [0.15, 0.2) is 0 Å². The monoisotopic (exact) mass is 456 g/mol. The summed E-state index contributed by atoms with van der Waals surface area (Å²) in [6, 6.07) is 0. The van der Waals surface area contributed by atoms with E-state index in [1.807, 2.05) is 12.2 Å². The molecule has 11 heteroatoms. The van der Waals surface area contributed by atoms with Crippen LogP contribution in [0.2, 0.25) is 0 Å². The maximum absolute atomic E-state index is 12.5. The Labute approximate surface area is 188 Å². The lowest BCUT2D eigenvalue weighted by atomic mass is 9.85. The molecule has 0 aliphatic carbocycles. The number of rotatable bonds is 17. The molecule has 3 aliphatic heterocycles. The molecule has 0 radical (unpaired) electrons. The van der Waals surface area contributed by atoms with Gasteiger partial charge in [0.05, 0.1) is 83.4 Å². The highest BCUT2D eigenvalue weighted by Gasteiger charge is 2.60. The molecule has 2 amide bonds. The van der Waals surface area contributed by atoms with Crippen LogP contribution in [0.5, 0.6) is 0 Å². The molecule has 4 atom stereocenters. The minimum absolute atomic E-state index is 0.155. The predicted octanol–water partition coefficient (Wildman–Crippen LogP) is -2.15. The van der Waals surface area contributed by atoms with E-state index in [4.69, 9.17) is 40.9 Å². The van der Waals surface area contributed by atoms with Gasteiger partial charge < -0.3 is 40.9 Å². The van der Waals surface area contributed by atoms with Crippen molar-refractivity contribution in [1.82, 2.24) is 4.90 Å². The lowest BCUT2D eigenvalue weighted by Gasteiger charge is -2.28. The molecule has 0 aromatic rings. The molecule has 4 unspecified atom stereocenters. The standard InChI is InChI=1S/C21H36N4O7/c22-11-21(12-23,13-24)14-31-10-9-30-8-7-29-6-5-28-4-3-25-19(26)17-15-1-2-16(32-15)18(17)20(25)27/h1-2,15-18H,3-14,22-24H2. The molecule has 3 aliphatic rings. The van der Waals surface area contributed by atoms with E-state index in [1.165, 1.54) is 4.90 Å². The molecule has 2 saturated heterocycles. The van der Waals surface area contributed by atoms with Crippen LogP contribution < -0.4 is 17.2 Å². The van der Waals surface area contributed by atoms with Crippen molar-refractivity contribution in [3.63, 3.8) is 0 Å². The largest absolute Gasteiger partial charge is 0.378 e. The SMILES string of the molecule is NCC(CN)(CN)COCCOCCOCCOCCN1C(=O)C2C3C=CC(O3)C2C1=O. The van der Waals surface area contributed by atoms with Crippen molar-refractivity contribution in [2.24, 2.45) is 34.5 Å². The fourth-order valence-corrected chi connectivity index (χ4v) is 4.12. The summed E-state index contributed by atoms with van der Waals surface area (Å²) >= 11 is 0. The minimum Gasteiger partial charge on any atom is -0.378 e. The van der Waals surface area contributed by atoms with Crippen molar-refractivity contribution in [2.75, 3.05) is 79.0 Å². The third kappa shape index (κ3) is 5.72. The molecule has 0 saturated carbocycles. The fourth-order valence-electron chi connectivity index (χ4n) is 4.12. The second kappa shape index (κ2) is 12.1. The van der Waals surface area contributed by atoms with Crippen molar-refractivity contribution in [3.05, 3.63) is 12.2 Å². The first-order chi connectivity index (χ1) is 15.6. The Morgan fingerprint density at radius 3 is 1.66 bits per heavy atom. The van der Waals surface area contributed by atoms with Gasteiger partial charge in [-0.1, -0.05) is 12.2 Å². The van der Waals surface area contributed by atoms with E-state index in [9.17, 15) is 9.59 Å². The Bertz CT molecular complexity index is 620. The quantitative estimate of drug-likeness (QED) is 0.125. The number of nitrogens with zero attached hydrogens (tertiary/aromatic N) is 1. The van der Waals surface area contributed by atoms with Gasteiger partial charge in [0, 0.05) is 25.0 Å². The Kier molecular flexibility index (Phi) is 9.56. The summed E-state index contributed by atoms with van der Waals surface area (Å²) < 4.78 is 27.6. The number of carbonyl (C=O) groups is 2. The molecule has 0 spiro atoms. The molecule has 0 aromatic heterocycles. The zero-order valence-electron chi connectivity index (χ0n) is 18.5. The van der Waals surface area contributed by atoms with Crippen LogP contribution in [0.15, 0.2) is 12.2 Å². The average Bonchev–Trinajstić information content (AvgIpc) is 3.49. The summed E-state index contributed by atoms with van der Waals surface area (Å²) in [5.74, 6) is -1.04. The van der Waals surface area contributed by atoms with Crippen LogP contribution in [0.3, 0.4) is 0 Å². The first-order valence-electron chi connectivity index (χ1n) is 11.2. The van der Waals surface area contributed by atoms with Gasteiger partial charge in [-0.25, -0.2) is 0 Å². The van der Waals surface area contributed by atoms with Crippen molar-refractivity contribution < 1.29 is 33.3 Å². The van der Waals surface area contributed by atoms with Crippen molar-refractivity contribution in [1.29, 1.82) is 0 Å². The predicted molar refractivity (Wildman–Crippen MR) is 114 cm³/mol. The topological polar surface area (TPSA) is 162 Å². The van der Waals surface area contributed by atoms with Crippen molar-refractivity contribution >= 4 is 11.8 Å². The van der Waals surface area contributed by atoms with Gasteiger partial charge in [-0.2, -0.15) is 0 Å². The summed E-state index contributed by atoms with van der Waals surface area (Å²) in [6.45, 7) is 4.64. The maximum atomic E-state index is 12.5. The van der Waals surface area contributed by atoms with Gasteiger partial charge in [-0.3, -0.25) is 14.5 Å². The van der Waals surface area contributed by atoms with Gasteiger partial charge in [-0.05, 0) is 0 Å². The van der Waals surface area contributed by atoms with Gasteiger partial charge in [-0.15, -0.1) is 0 Å². The molecule has 3 rings (SSSR count). The van der Waals surface area contributed by atoms with Gasteiger partial charge in [0.25, 0.3) is 0 Å². The molecular weight excluding hydrogens is 420 g/mol. The van der Waals surface area contributed by atoms with Crippen LogP contribution >= 0.6 is 0 Å².